The van der Waals surface area contributed by atoms with Gasteiger partial charge in [0.2, 0.25) is 0 Å². The van der Waals surface area contributed by atoms with Crippen molar-refractivity contribution in [2.75, 3.05) is 5.33 Å². The van der Waals surface area contributed by atoms with Crippen molar-refractivity contribution < 1.29 is 18.0 Å². The molecule has 0 atom stereocenters. The molecule has 1 aromatic carbocycles. The Bertz CT molecular complexity index is 512. The molecule has 0 saturated heterocycles. The van der Waals surface area contributed by atoms with Gasteiger partial charge in [-0.2, -0.15) is 13.2 Å². The number of carbonyl (C=O) groups excluding carboxylic acids is 1. The van der Waals surface area contributed by atoms with Gasteiger partial charge in [-0.3, -0.25) is 4.79 Å². The van der Waals surface area contributed by atoms with E-state index in [9.17, 15) is 18.0 Å². The smallest absolute Gasteiger partial charge is 0.346 e. The number of alkyl halides is 4. The van der Waals surface area contributed by atoms with Gasteiger partial charge in [0.05, 0.1) is 16.7 Å². The molecule has 0 unspecified atom stereocenters. The van der Waals surface area contributed by atoms with Crippen LogP contribution in [-0.4, -0.2) is 16.8 Å². The van der Waals surface area contributed by atoms with E-state index >= 15 is 0 Å². The maximum atomic E-state index is 12.9. The Morgan fingerprint density at radius 3 is 2.47 bits per heavy atom. The summed E-state index contributed by atoms with van der Waals surface area (Å²) in [7, 11) is 0. The van der Waals surface area contributed by atoms with Gasteiger partial charge in [-0.15, -0.1) is 0 Å². The van der Waals surface area contributed by atoms with Crippen LogP contribution in [-0.2, 0) is 6.18 Å². The molecule has 0 radical (unpaired) electrons. The summed E-state index contributed by atoms with van der Waals surface area (Å²) in [5, 5.41) is 3.21. The molecule has 1 fully saturated rings. The molecule has 0 heterocycles. The van der Waals surface area contributed by atoms with Crippen molar-refractivity contribution >= 4 is 37.8 Å². The molecule has 2 nitrogen and oxygen atoms in total. The third kappa shape index (κ3) is 3.31. The highest BCUT2D eigenvalue weighted by Crippen LogP contribution is 2.38. The molecule has 1 aromatic rings. The molecule has 0 bridgehead atoms. The Balaban J connectivity index is 2.31. The van der Waals surface area contributed by atoms with Gasteiger partial charge in [-0.25, -0.2) is 0 Å². The summed E-state index contributed by atoms with van der Waals surface area (Å²) in [4.78, 5) is 12.0. The third-order valence-corrected chi connectivity index (χ3v) is 4.59. The first-order valence-electron chi connectivity index (χ1n) is 5.53. The summed E-state index contributed by atoms with van der Waals surface area (Å²) in [6.07, 6.45) is -2.99. The summed E-state index contributed by atoms with van der Waals surface area (Å²) in [6.45, 7) is 0. The number of carbonyl (C=O) groups is 1. The van der Waals surface area contributed by atoms with Gasteiger partial charge in [0.15, 0.2) is 0 Å². The zero-order valence-electron chi connectivity index (χ0n) is 9.65. The number of hydrogen-bond donors (Lipinski definition) is 1. The van der Waals surface area contributed by atoms with E-state index in [-0.39, 0.29) is 15.6 Å². The maximum absolute atomic E-state index is 12.9. The minimum atomic E-state index is -4.55. The Morgan fingerprint density at radius 2 is 2.00 bits per heavy atom. The molecule has 1 aliphatic rings. The number of benzene rings is 1. The van der Waals surface area contributed by atoms with Crippen molar-refractivity contribution in [3.05, 3.63) is 33.8 Å². The highest BCUT2D eigenvalue weighted by molar-refractivity contribution is 9.10. The summed E-state index contributed by atoms with van der Waals surface area (Å²) >= 11 is 6.25. The van der Waals surface area contributed by atoms with Crippen LogP contribution >= 0.6 is 31.9 Å². The number of hydrogen-bond acceptors (Lipinski definition) is 1. The van der Waals surface area contributed by atoms with Crippen molar-refractivity contribution in [3.63, 3.8) is 0 Å². The van der Waals surface area contributed by atoms with E-state index in [4.69, 9.17) is 0 Å². The molecule has 1 N–H and O–H groups in total. The summed E-state index contributed by atoms with van der Waals surface area (Å²) < 4.78 is 39.0. The summed E-state index contributed by atoms with van der Waals surface area (Å²) in [6, 6.07) is 3.53. The minimum Gasteiger partial charge on any atom is -0.346 e. The van der Waals surface area contributed by atoms with Gasteiger partial charge in [-0.1, -0.05) is 31.9 Å². The fraction of sp³-hybridized carbons (Fsp3) is 0.417. The van der Waals surface area contributed by atoms with E-state index in [0.29, 0.717) is 5.33 Å². The molecule has 0 aliphatic heterocycles. The monoisotopic (exact) mass is 399 g/mol. The second kappa shape index (κ2) is 5.09. The van der Waals surface area contributed by atoms with E-state index < -0.39 is 17.6 Å². The van der Waals surface area contributed by atoms with Crippen LogP contribution < -0.4 is 5.32 Å². The van der Waals surface area contributed by atoms with Gasteiger partial charge in [-0.05, 0) is 31.0 Å². The van der Waals surface area contributed by atoms with Crippen molar-refractivity contribution in [1.29, 1.82) is 0 Å². The van der Waals surface area contributed by atoms with E-state index in [1.165, 1.54) is 12.1 Å². The molecular formula is C12H10Br2F3NO. The van der Waals surface area contributed by atoms with Crippen LogP contribution in [0.4, 0.5) is 13.2 Å². The van der Waals surface area contributed by atoms with E-state index in [0.717, 1.165) is 18.9 Å². The van der Waals surface area contributed by atoms with E-state index in [1.54, 1.807) is 0 Å². The number of rotatable bonds is 3. The van der Waals surface area contributed by atoms with Gasteiger partial charge in [0.25, 0.3) is 5.91 Å². The summed E-state index contributed by atoms with van der Waals surface area (Å²) in [5.41, 5.74) is -1.65. The Labute approximate surface area is 125 Å². The quantitative estimate of drug-likeness (QED) is 0.759. The second-order valence-corrected chi connectivity index (χ2v) is 6.03. The SMILES string of the molecule is O=C(NC1(CBr)CC1)c1ccc(Br)cc1C(F)(F)F. The van der Waals surface area contributed by atoms with Crippen LogP contribution in [0.15, 0.2) is 22.7 Å². The number of nitrogens with one attached hydrogen (secondary N) is 1. The zero-order valence-corrected chi connectivity index (χ0v) is 12.8. The van der Waals surface area contributed by atoms with Crippen LogP contribution in [0.3, 0.4) is 0 Å². The van der Waals surface area contributed by atoms with Crippen molar-refractivity contribution in [1.82, 2.24) is 5.32 Å². The number of halogens is 5. The van der Waals surface area contributed by atoms with Crippen LogP contribution in [0, 0.1) is 0 Å². The Morgan fingerprint density at radius 1 is 1.37 bits per heavy atom. The Kier molecular flexibility index (Phi) is 3.97. The molecule has 0 spiro atoms. The maximum Gasteiger partial charge on any atom is 0.417 e. The molecule has 1 amide bonds. The first kappa shape index (κ1) is 14.8. The highest BCUT2D eigenvalue weighted by atomic mass is 79.9. The molecule has 104 valence electrons. The second-order valence-electron chi connectivity index (χ2n) is 4.56. The standard InChI is InChI=1S/C12H10Br2F3NO/c13-6-11(3-4-11)18-10(19)8-2-1-7(14)5-9(8)12(15,16)17/h1-2,5H,3-4,6H2,(H,18,19). The molecular weight excluding hydrogens is 391 g/mol. The van der Waals surface area contributed by atoms with Gasteiger partial charge in [0.1, 0.15) is 0 Å². The third-order valence-electron chi connectivity index (χ3n) is 3.02. The summed E-state index contributed by atoms with van der Waals surface area (Å²) in [5.74, 6) is -0.684. The average molecular weight is 401 g/mol. The van der Waals surface area contributed by atoms with Gasteiger partial charge < -0.3 is 5.32 Å². The van der Waals surface area contributed by atoms with Crippen molar-refractivity contribution in [3.8, 4) is 0 Å². The minimum absolute atomic E-state index is 0.290. The molecule has 1 aliphatic carbocycles. The normalized spacial score (nSPS) is 17.1. The molecule has 1 saturated carbocycles. The highest BCUT2D eigenvalue weighted by Gasteiger charge is 2.44. The Hall–Kier alpha value is -0.560. The average Bonchev–Trinajstić information content (AvgIpc) is 3.08. The van der Waals surface area contributed by atoms with Gasteiger partial charge in [0, 0.05) is 9.80 Å². The largest absolute Gasteiger partial charge is 0.417 e. The lowest BCUT2D eigenvalue weighted by Gasteiger charge is -2.17. The number of amides is 1. The van der Waals surface area contributed by atoms with Crippen LogP contribution in [0.2, 0.25) is 0 Å². The lowest BCUT2D eigenvalue weighted by Crippen LogP contribution is -2.39. The lowest BCUT2D eigenvalue weighted by molar-refractivity contribution is -0.138. The van der Waals surface area contributed by atoms with E-state index in [1.807, 2.05) is 0 Å². The van der Waals surface area contributed by atoms with Crippen molar-refractivity contribution in [2.24, 2.45) is 0 Å². The molecule has 0 aromatic heterocycles. The fourth-order valence-corrected chi connectivity index (χ4v) is 2.76. The predicted octanol–water partition coefficient (Wildman–Crippen LogP) is 4.13. The van der Waals surface area contributed by atoms with Gasteiger partial charge >= 0.3 is 6.18 Å². The first-order chi connectivity index (χ1) is 8.77. The van der Waals surface area contributed by atoms with Crippen LogP contribution in [0.1, 0.15) is 28.8 Å². The van der Waals surface area contributed by atoms with E-state index in [2.05, 4.69) is 37.2 Å². The molecule has 2 rings (SSSR count). The zero-order chi connectivity index (χ0) is 14.3. The first-order valence-corrected chi connectivity index (χ1v) is 7.44. The molecule has 7 heteroatoms. The van der Waals surface area contributed by atoms with Crippen LogP contribution in [0.5, 0.6) is 0 Å². The van der Waals surface area contributed by atoms with Crippen molar-refractivity contribution in [2.45, 2.75) is 24.6 Å². The van der Waals surface area contributed by atoms with Crippen LogP contribution in [0.25, 0.3) is 0 Å². The predicted molar refractivity (Wildman–Crippen MR) is 72.4 cm³/mol. The fourth-order valence-electron chi connectivity index (χ4n) is 1.70. The topological polar surface area (TPSA) is 29.1 Å². The lowest BCUT2D eigenvalue weighted by atomic mass is 10.1. The molecule has 19 heavy (non-hydrogen) atoms.